The predicted molar refractivity (Wildman–Crippen MR) is 110 cm³/mol. The number of H-pyrrole nitrogens is 1. The minimum absolute atomic E-state index is 0.0347. The van der Waals surface area contributed by atoms with E-state index in [1.165, 1.54) is 5.56 Å². The zero-order valence-electron chi connectivity index (χ0n) is 16.0. The molecule has 1 N–H and O–H groups in total. The second-order valence-corrected chi connectivity index (χ2v) is 7.84. The summed E-state index contributed by atoms with van der Waals surface area (Å²) in [5.74, 6) is 1.23. The Hall–Kier alpha value is -2.96. The summed E-state index contributed by atoms with van der Waals surface area (Å²) in [6.45, 7) is 3.55. The third-order valence-electron chi connectivity index (χ3n) is 5.30. The molecule has 0 saturated heterocycles. The van der Waals surface area contributed by atoms with Gasteiger partial charge in [0.1, 0.15) is 0 Å². The maximum Gasteiger partial charge on any atom is 0.244 e. The maximum absolute atomic E-state index is 6.04. The van der Waals surface area contributed by atoms with Crippen molar-refractivity contribution in [2.75, 3.05) is 0 Å². The summed E-state index contributed by atoms with van der Waals surface area (Å²) in [5, 5.41) is 4.98. The Bertz CT molecular complexity index is 1130. The molecule has 0 spiro atoms. The van der Waals surface area contributed by atoms with Gasteiger partial charge < -0.3 is 9.51 Å². The topological polar surface area (TPSA) is 70.8 Å². The van der Waals surface area contributed by atoms with Crippen molar-refractivity contribution in [1.82, 2.24) is 25.0 Å². The van der Waals surface area contributed by atoms with Crippen molar-refractivity contribution >= 4 is 11.6 Å². The molecule has 1 unspecified atom stereocenters. The van der Waals surface area contributed by atoms with Crippen molar-refractivity contribution in [2.45, 2.75) is 32.5 Å². The van der Waals surface area contributed by atoms with Gasteiger partial charge in [0.25, 0.3) is 0 Å². The van der Waals surface area contributed by atoms with Gasteiger partial charge in [-0.05, 0) is 30.7 Å². The number of hydrogen-bond donors (Lipinski definition) is 1. The van der Waals surface area contributed by atoms with Crippen molar-refractivity contribution in [3.05, 3.63) is 88.3 Å². The van der Waals surface area contributed by atoms with E-state index >= 15 is 0 Å². The predicted octanol–water partition coefficient (Wildman–Crippen LogP) is 4.72. The molecule has 2 aromatic carbocycles. The molecule has 1 atom stereocenters. The van der Waals surface area contributed by atoms with Crippen LogP contribution in [0.3, 0.4) is 0 Å². The van der Waals surface area contributed by atoms with Crippen molar-refractivity contribution in [2.24, 2.45) is 0 Å². The zero-order valence-corrected chi connectivity index (χ0v) is 16.7. The number of nitrogens with zero attached hydrogens (tertiary/aromatic N) is 4. The lowest BCUT2D eigenvalue weighted by atomic mass is 10.0. The summed E-state index contributed by atoms with van der Waals surface area (Å²) in [6, 6.07) is 16.0. The SMILES string of the molecule is Cc1cccc(-c2noc(C3Cc4nc[nH]c4CN3Cc3ccc(Cl)cc3)n2)c1. The Labute approximate surface area is 173 Å². The first kappa shape index (κ1) is 18.1. The fourth-order valence-electron chi connectivity index (χ4n) is 3.79. The van der Waals surface area contributed by atoms with Crippen molar-refractivity contribution in [1.29, 1.82) is 0 Å². The van der Waals surface area contributed by atoms with Crippen LogP contribution in [0, 0.1) is 6.92 Å². The normalized spacial score (nSPS) is 16.7. The van der Waals surface area contributed by atoms with Crippen LogP contribution < -0.4 is 0 Å². The summed E-state index contributed by atoms with van der Waals surface area (Å²) in [6.07, 6.45) is 2.47. The van der Waals surface area contributed by atoms with Crippen LogP contribution in [-0.4, -0.2) is 25.0 Å². The van der Waals surface area contributed by atoms with Crippen LogP contribution in [0.25, 0.3) is 11.4 Å². The molecule has 4 aromatic rings. The minimum atomic E-state index is -0.0347. The van der Waals surface area contributed by atoms with Gasteiger partial charge in [-0.3, -0.25) is 4.90 Å². The van der Waals surface area contributed by atoms with Crippen LogP contribution in [0.2, 0.25) is 5.02 Å². The van der Waals surface area contributed by atoms with E-state index in [9.17, 15) is 0 Å². The molecule has 2 aromatic heterocycles. The van der Waals surface area contributed by atoms with Gasteiger partial charge in [-0.25, -0.2) is 4.98 Å². The molecule has 1 aliphatic heterocycles. The molecule has 146 valence electrons. The Balaban J connectivity index is 1.46. The first-order valence-corrected chi connectivity index (χ1v) is 9.94. The van der Waals surface area contributed by atoms with E-state index in [0.29, 0.717) is 11.7 Å². The summed E-state index contributed by atoms with van der Waals surface area (Å²) in [7, 11) is 0. The van der Waals surface area contributed by atoms with Crippen LogP contribution in [0.1, 0.15) is 34.4 Å². The Morgan fingerprint density at radius 3 is 2.90 bits per heavy atom. The van der Waals surface area contributed by atoms with Gasteiger partial charge in [0.05, 0.1) is 23.8 Å². The number of aromatic nitrogens is 4. The summed E-state index contributed by atoms with van der Waals surface area (Å²) >= 11 is 6.04. The van der Waals surface area contributed by atoms with E-state index < -0.39 is 0 Å². The van der Waals surface area contributed by atoms with Gasteiger partial charge in [0, 0.05) is 30.1 Å². The quantitative estimate of drug-likeness (QED) is 0.531. The number of halogens is 1. The van der Waals surface area contributed by atoms with Gasteiger partial charge in [-0.15, -0.1) is 0 Å². The monoisotopic (exact) mass is 405 g/mol. The number of aromatic amines is 1. The molecule has 0 bridgehead atoms. The molecule has 0 aliphatic carbocycles. The number of aryl methyl sites for hydroxylation is 1. The summed E-state index contributed by atoms with van der Waals surface area (Å²) in [4.78, 5) is 14.8. The van der Waals surface area contributed by atoms with E-state index in [2.05, 4.69) is 39.1 Å². The van der Waals surface area contributed by atoms with Crippen molar-refractivity contribution < 1.29 is 4.52 Å². The Morgan fingerprint density at radius 2 is 2.07 bits per heavy atom. The maximum atomic E-state index is 6.04. The lowest BCUT2D eigenvalue weighted by Crippen LogP contribution is -2.34. The first-order chi connectivity index (χ1) is 14.2. The van der Waals surface area contributed by atoms with Crippen LogP contribution in [-0.2, 0) is 19.5 Å². The van der Waals surface area contributed by atoms with E-state index in [-0.39, 0.29) is 6.04 Å². The lowest BCUT2D eigenvalue weighted by Gasteiger charge is -2.32. The highest BCUT2D eigenvalue weighted by Gasteiger charge is 2.33. The molecule has 3 heterocycles. The minimum Gasteiger partial charge on any atom is -0.347 e. The molecule has 7 heteroatoms. The van der Waals surface area contributed by atoms with E-state index in [0.717, 1.165) is 47.0 Å². The molecule has 0 radical (unpaired) electrons. The number of nitrogens with one attached hydrogen (secondary N) is 1. The molecule has 5 rings (SSSR count). The molecule has 0 fully saturated rings. The van der Waals surface area contributed by atoms with Gasteiger partial charge in [0.15, 0.2) is 0 Å². The zero-order chi connectivity index (χ0) is 19.8. The Kier molecular flexibility index (Phi) is 4.66. The highest BCUT2D eigenvalue weighted by atomic mass is 35.5. The highest BCUT2D eigenvalue weighted by molar-refractivity contribution is 6.30. The number of hydrogen-bond acceptors (Lipinski definition) is 5. The van der Waals surface area contributed by atoms with Crippen LogP contribution in [0.4, 0.5) is 0 Å². The standard InChI is InChI=1S/C22H20ClN5O/c1-14-3-2-4-16(9-14)21-26-22(29-27-21)20-10-18-19(25-13-24-18)12-28(20)11-15-5-7-17(23)8-6-15/h2-9,13,20H,10-12H2,1H3,(H,24,25). The second-order valence-electron chi connectivity index (χ2n) is 7.40. The van der Waals surface area contributed by atoms with Gasteiger partial charge in [0.2, 0.25) is 11.7 Å². The molecule has 0 amide bonds. The molecule has 6 nitrogen and oxygen atoms in total. The van der Waals surface area contributed by atoms with Crippen molar-refractivity contribution in [3.63, 3.8) is 0 Å². The lowest BCUT2D eigenvalue weighted by molar-refractivity contribution is 0.128. The molecule has 1 aliphatic rings. The number of benzene rings is 2. The fraction of sp³-hybridized carbons (Fsp3) is 0.227. The van der Waals surface area contributed by atoms with E-state index in [4.69, 9.17) is 21.1 Å². The van der Waals surface area contributed by atoms with Crippen LogP contribution in [0.15, 0.2) is 59.4 Å². The van der Waals surface area contributed by atoms with E-state index in [1.807, 2.05) is 36.4 Å². The van der Waals surface area contributed by atoms with Gasteiger partial charge in [-0.1, -0.05) is 52.7 Å². The number of rotatable bonds is 4. The summed E-state index contributed by atoms with van der Waals surface area (Å²) < 4.78 is 5.72. The van der Waals surface area contributed by atoms with Gasteiger partial charge >= 0.3 is 0 Å². The molecular formula is C22H20ClN5O. The van der Waals surface area contributed by atoms with Crippen LogP contribution >= 0.6 is 11.6 Å². The fourth-order valence-corrected chi connectivity index (χ4v) is 3.92. The number of fused-ring (bicyclic) bond motifs is 1. The third-order valence-corrected chi connectivity index (χ3v) is 5.55. The smallest absolute Gasteiger partial charge is 0.244 e. The van der Waals surface area contributed by atoms with Gasteiger partial charge in [-0.2, -0.15) is 4.98 Å². The first-order valence-electron chi connectivity index (χ1n) is 9.56. The van der Waals surface area contributed by atoms with E-state index in [1.54, 1.807) is 6.33 Å². The molecule has 29 heavy (non-hydrogen) atoms. The average Bonchev–Trinajstić information content (AvgIpc) is 3.38. The number of imidazole rings is 1. The molecular weight excluding hydrogens is 386 g/mol. The Morgan fingerprint density at radius 1 is 1.21 bits per heavy atom. The highest BCUT2D eigenvalue weighted by Crippen LogP contribution is 2.33. The average molecular weight is 406 g/mol. The van der Waals surface area contributed by atoms with Crippen LogP contribution in [0.5, 0.6) is 0 Å². The summed E-state index contributed by atoms with van der Waals surface area (Å²) in [5.41, 5.74) is 5.49. The second kappa shape index (κ2) is 7.46. The third kappa shape index (κ3) is 3.69. The molecule has 0 saturated carbocycles. The largest absolute Gasteiger partial charge is 0.347 e. The van der Waals surface area contributed by atoms with Crippen molar-refractivity contribution in [3.8, 4) is 11.4 Å².